The number of nitrogens with zero attached hydrogens (tertiary/aromatic N) is 2. The second-order valence-corrected chi connectivity index (χ2v) is 2.69. The van der Waals surface area contributed by atoms with E-state index in [1.54, 1.807) is 7.05 Å². The van der Waals surface area contributed by atoms with Gasteiger partial charge in [0, 0.05) is 12.8 Å². The first kappa shape index (κ1) is 9.27. The molecule has 3 heteroatoms. The zero-order chi connectivity index (χ0) is 8.20. The van der Waals surface area contributed by atoms with Gasteiger partial charge in [0.1, 0.15) is 5.54 Å². The van der Waals surface area contributed by atoms with E-state index in [1.165, 1.54) is 0 Å². The first-order valence-corrected chi connectivity index (χ1v) is 3.43. The van der Waals surface area contributed by atoms with E-state index in [0.717, 1.165) is 6.42 Å². The Morgan fingerprint density at radius 1 is 1.50 bits per heavy atom. The number of hydrogen-bond donors (Lipinski definition) is 1. The molecule has 0 amide bonds. The van der Waals surface area contributed by atoms with Gasteiger partial charge in [0.15, 0.2) is 0 Å². The van der Waals surface area contributed by atoms with Crippen molar-refractivity contribution in [3.63, 3.8) is 0 Å². The second-order valence-electron chi connectivity index (χ2n) is 2.69. The SMILES string of the molecule is CCC(=N)C(C)(C)N=NC. The third-order valence-electron chi connectivity index (χ3n) is 1.44. The van der Waals surface area contributed by atoms with E-state index >= 15 is 0 Å². The van der Waals surface area contributed by atoms with Gasteiger partial charge in [0.25, 0.3) is 0 Å². The van der Waals surface area contributed by atoms with Crippen LogP contribution in [-0.2, 0) is 0 Å². The predicted molar refractivity (Wildman–Crippen MR) is 42.9 cm³/mol. The summed E-state index contributed by atoms with van der Waals surface area (Å²) in [4.78, 5) is 0. The largest absolute Gasteiger partial charge is 0.307 e. The molecule has 1 N–H and O–H groups in total. The summed E-state index contributed by atoms with van der Waals surface area (Å²) in [5.74, 6) is 0. The Bertz CT molecular complexity index is 147. The molecular weight excluding hydrogens is 126 g/mol. The number of hydrogen-bond acceptors (Lipinski definition) is 3. The van der Waals surface area contributed by atoms with Gasteiger partial charge in [-0.25, -0.2) is 0 Å². The van der Waals surface area contributed by atoms with Crippen molar-refractivity contribution in [3.8, 4) is 0 Å². The lowest BCUT2D eigenvalue weighted by Crippen LogP contribution is -2.27. The Morgan fingerprint density at radius 2 is 2.00 bits per heavy atom. The molecule has 0 heterocycles. The number of azo groups is 1. The van der Waals surface area contributed by atoms with Gasteiger partial charge in [-0.2, -0.15) is 10.2 Å². The van der Waals surface area contributed by atoms with Crippen LogP contribution in [0.2, 0.25) is 0 Å². The lowest BCUT2D eigenvalue weighted by Gasteiger charge is -2.17. The van der Waals surface area contributed by atoms with E-state index in [-0.39, 0.29) is 0 Å². The highest BCUT2D eigenvalue weighted by molar-refractivity contribution is 5.89. The Morgan fingerprint density at radius 3 is 2.30 bits per heavy atom. The minimum Gasteiger partial charge on any atom is -0.307 e. The van der Waals surface area contributed by atoms with Gasteiger partial charge >= 0.3 is 0 Å². The van der Waals surface area contributed by atoms with E-state index < -0.39 is 5.54 Å². The molecule has 0 saturated heterocycles. The first-order valence-electron chi connectivity index (χ1n) is 3.43. The highest BCUT2D eigenvalue weighted by Crippen LogP contribution is 2.12. The molecule has 0 rings (SSSR count). The van der Waals surface area contributed by atoms with E-state index in [1.807, 2.05) is 20.8 Å². The van der Waals surface area contributed by atoms with Crippen molar-refractivity contribution in [1.29, 1.82) is 5.41 Å². The molecule has 0 bridgehead atoms. The molecule has 3 nitrogen and oxygen atoms in total. The van der Waals surface area contributed by atoms with Crippen molar-refractivity contribution in [2.75, 3.05) is 7.05 Å². The van der Waals surface area contributed by atoms with Crippen molar-refractivity contribution in [2.24, 2.45) is 10.2 Å². The molecule has 0 spiro atoms. The maximum absolute atomic E-state index is 7.49. The summed E-state index contributed by atoms with van der Waals surface area (Å²) in [6.45, 7) is 5.74. The fraction of sp³-hybridized carbons (Fsp3) is 0.857. The molecule has 10 heavy (non-hydrogen) atoms. The van der Waals surface area contributed by atoms with E-state index in [9.17, 15) is 0 Å². The third-order valence-corrected chi connectivity index (χ3v) is 1.44. The summed E-state index contributed by atoms with van der Waals surface area (Å²) in [5, 5.41) is 15.1. The summed E-state index contributed by atoms with van der Waals surface area (Å²) in [7, 11) is 1.63. The fourth-order valence-electron chi connectivity index (χ4n) is 0.743. The zero-order valence-electron chi connectivity index (χ0n) is 7.10. The predicted octanol–water partition coefficient (Wildman–Crippen LogP) is 2.28. The molecule has 0 aromatic carbocycles. The lowest BCUT2D eigenvalue weighted by molar-refractivity contribution is 0.638. The molecule has 0 aromatic heterocycles. The quantitative estimate of drug-likeness (QED) is 0.463. The average Bonchev–Trinajstić information content (AvgIpc) is 1.86. The van der Waals surface area contributed by atoms with Gasteiger partial charge in [0.05, 0.1) is 0 Å². The monoisotopic (exact) mass is 141 g/mol. The maximum Gasteiger partial charge on any atom is 0.113 e. The number of nitrogens with one attached hydrogen (secondary N) is 1. The third kappa shape index (κ3) is 2.25. The van der Waals surface area contributed by atoms with E-state index in [0.29, 0.717) is 5.71 Å². The molecule has 0 aromatic rings. The van der Waals surface area contributed by atoms with Crippen molar-refractivity contribution < 1.29 is 0 Å². The van der Waals surface area contributed by atoms with E-state index in [2.05, 4.69) is 10.2 Å². The summed E-state index contributed by atoms with van der Waals surface area (Å²) in [6, 6.07) is 0. The molecule has 0 radical (unpaired) electrons. The molecule has 0 aliphatic carbocycles. The Balaban J connectivity index is 4.24. The molecule has 0 aliphatic heterocycles. The highest BCUT2D eigenvalue weighted by atomic mass is 15.1. The topological polar surface area (TPSA) is 48.6 Å². The Labute approximate surface area is 62.1 Å². The minimum atomic E-state index is -0.399. The van der Waals surface area contributed by atoms with Crippen LogP contribution in [0.1, 0.15) is 27.2 Å². The van der Waals surface area contributed by atoms with Crippen molar-refractivity contribution >= 4 is 5.71 Å². The van der Waals surface area contributed by atoms with Crippen LogP contribution in [0.5, 0.6) is 0 Å². The first-order chi connectivity index (χ1) is 4.54. The minimum absolute atomic E-state index is 0.399. The Kier molecular flexibility index (Phi) is 3.19. The maximum atomic E-state index is 7.49. The van der Waals surface area contributed by atoms with Crippen LogP contribution in [0.15, 0.2) is 10.2 Å². The summed E-state index contributed by atoms with van der Waals surface area (Å²) in [5.41, 5.74) is 0.224. The van der Waals surface area contributed by atoms with Gasteiger partial charge < -0.3 is 5.41 Å². The molecule has 0 aliphatic rings. The van der Waals surface area contributed by atoms with Crippen molar-refractivity contribution in [3.05, 3.63) is 0 Å². The molecule has 0 saturated carbocycles. The van der Waals surface area contributed by atoms with Gasteiger partial charge in [-0.15, -0.1) is 0 Å². The summed E-state index contributed by atoms with van der Waals surface area (Å²) < 4.78 is 0. The van der Waals surface area contributed by atoms with Crippen LogP contribution in [0.25, 0.3) is 0 Å². The molecule has 0 fully saturated rings. The van der Waals surface area contributed by atoms with Gasteiger partial charge in [-0.3, -0.25) is 0 Å². The van der Waals surface area contributed by atoms with Crippen molar-refractivity contribution in [2.45, 2.75) is 32.7 Å². The van der Waals surface area contributed by atoms with E-state index in [4.69, 9.17) is 5.41 Å². The van der Waals surface area contributed by atoms with Gasteiger partial charge in [0.2, 0.25) is 0 Å². The number of rotatable bonds is 3. The van der Waals surface area contributed by atoms with Crippen LogP contribution in [0.4, 0.5) is 0 Å². The Hall–Kier alpha value is -0.730. The zero-order valence-corrected chi connectivity index (χ0v) is 7.10. The van der Waals surface area contributed by atoms with Crippen LogP contribution in [0, 0.1) is 5.41 Å². The summed E-state index contributed by atoms with van der Waals surface area (Å²) in [6.07, 6.45) is 0.742. The summed E-state index contributed by atoms with van der Waals surface area (Å²) >= 11 is 0. The van der Waals surface area contributed by atoms with Gasteiger partial charge in [-0.1, -0.05) is 6.92 Å². The normalized spacial score (nSPS) is 12.4. The average molecular weight is 141 g/mol. The van der Waals surface area contributed by atoms with Crippen LogP contribution in [0.3, 0.4) is 0 Å². The van der Waals surface area contributed by atoms with Crippen LogP contribution < -0.4 is 0 Å². The van der Waals surface area contributed by atoms with Crippen molar-refractivity contribution in [1.82, 2.24) is 0 Å². The highest BCUT2D eigenvalue weighted by Gasteiger charge is 2.20. The standard InChI is InChI=1S/C7H15N3/c1-5-6(8)7(2,3)10-9-4/h8H,5H2,1-4H3. The molecule has 0 unspecified atom stereocenters. The molecule has 0 atom stereocenters. The van der Waals surface area contributed by atoms with Gasteiger partial charge in [-0.05, 0) is 20.3 Å². The smallest absolute Gasteiger partial charge is 0.113 e. The van der Waals surface area contributed by atoms with Crippen LogP contribution >= 0.6 is 0 Å². The lowest BCUT2D eigenvalue weighted by atomic mass is 9.98. The van der Waals surface area contributed by atoms with Crippen LogP contribution in [-0.4, -0.2) is 18.3 Å². The molecule has 58 valence electrons. The molecular formula is C7H15N3. The fourth-order valence-corrected chi connectivity index (χ4v) is 0.743. The second kappa shape index (κ2) is 3.44.